The van der Waals surface area contributed by atoms with Gasteiger partial charge in [-0.25, -0.2) is 0 Å². The predicted octanol–water partition coefficient (Wildman–Crippen LogP) is 1.41. The second kappa shape index (κ2) is 2.48. The predicted molar refractivity (Wildman–Crippen MR) is 46.5 cm³/mol. The molecule has 1 amide bonds. The standard InChI is InChI=1S/C10H9NO/c1-7-9(11-10(7)12)8-5-3-2-4-6-8/h2-6,9H,1H2,(H,11,12). The number of rotatable bonds is 1. The molecule has 1 heterocycles. The minimum Gasteiger partial charge on any atom is -0.341 e. The highest BCUT2D eigenvalue weighted by molar-refractivity contribution is 6.01. The molecule has 1 aliphatic rings. The lowest BCUT2D eigenvalue weighted by molar-refractivity contribution is -0.122. The molecule has 0 saturated carbocycles. The van der Waals surface area contributed by atoms with Crippen molar-refractivity contribution in [2.45, 2.75) is 6.04 Å². The fourth-order valence-corrected chi connectivity index (χ4v) is 1.29. The number of hydrogen-bond acceptors (Lipinski definition) is 1. The third-order valence-electron chi connectivity index (χ3n) is 2.05. The van der Waals surface area contributed by atoms with E-state index in [1.54, 1.807) is 0 Å². The van der Waals surface area contributed by atoms with Crippen LogP contribution in [0.2, 0.25) is 0 Å². The Morgan fingerprint density at radius 1 is 1.25 bits per heavy atom. The number of carbonyl (C=O) groups excluding carboxylic acids is 1. The molecule has 0 spiro atoms. The number of benzene rings is 1. The molecule has 2 rings (SSSR count). The molecule has 1 saturated heterocycles. The van der Waals surface area contributed by atoms with Gasteiger partial charge in [0.25, 0.3) is 0 Å². The van der Waals surface area contributed by atoms with E-state index >= 15 is 0 Å². The first kappa shape index (κ1) is 7.10. The molecule has 1 aromatic rings. The SMILES string of the molecule is C=C1C(=O)NC1c1ccccc1. The molecule has 2 nitrogen and oxygen atoms in total. The number of nitrogens with one attached hydrogen (secondary N) is 1. The van der Waals surface area contributed by atoms with Crippen LogP contribution in [0, 0.1) is 0 Å². The first-order valence-corrected chi connectivity index (χ1v) is 3.83. The van der Waals surface area contributed by atoms with E-state index in [1.165, 1.54) is 0 Å². The van der Waals surface area contributed by atoms with Crippen molar-refractivity contribution in [2.24, 2.45) is 0 Å². The van der Waals surface area contributed by atoms with Gasteiger partial charge in [0.05, 0.1) is 6.04 Å². The maximum atomic E-state index is 10.8. The molecule has 0 aliphatic carbocycles. The fourth-order valence-electron chi connectivity index (χ4n) is 1.29. The summed E-state index contributed by atoms with van der Waals surface area (Å²) < 4.78 is 0. The maximum Gasteiger partial charge on any atom is 0.249 e. The summed E-state index contributed by atoms with van der Waals surface area (Å²) in [4.78, 5) is 10.8. The van der Waals surface area contributed by atoms with Crippen molar-refractivity contribution in [2.75, 3.05) is 0 Å². The van der Waals surface area contributed by atoms with Gasteiger partial charge < -0.3 is 5.32 Å². The molecule has 1 aromatic carbocycles. The summed E-state index contributed by atoms with van der Waals surface area (Å²) in [6.07, 6.45) is 0. The molecular formula is C10H9NO. The summed E-state index contributed by atoms with van der Waals surface area (Å²) in [5.41, 5.74) is 1.75. The Labute approximate surface area is 70.9 Å². The van der Waals surface area contributed by atoms with Gasteiger partial charge in [-0.3, -0.25) is 4.79 Å². The van der Waals surface area contributed by atoms with Crippen molar-refractivity contribution in [3.05, 3.63) is 48.0 Å². The van der Waals surface area contributed by atoms with Crippen molar-refractivity contribution < 1.29 is 4.79 Å². The lowest BCUT2D eigenvalue weighted by Crippen LogP contribution is -2.43. The van der Waals surface area contributed by atoms with Gasteiger partial charge in [-0.05, 0) is 5.56 Å². The van der Waals surface area contributed by atoms with Gasteiger partial charge in [0.2, 0.25) is 5.91 Å². The van der Waals surface area contributed by atoms with E-state index in [4.69, 9.17) is 0 Å². The van der Waals surface area contributed by atoms with Crippen LogP contribution in [0.1, 0.15) is 11.6 Å². The molecule has 1 N–H and O–H groups in total. The summed E-state index contributed by atoms with van der Waals surface area (Å²) in [5.74, 6) is -0.0381. The number of β-lactam (4-membered cyclic amide) rings is 1. The fraction of sp³-hybridized carbons (Fsp3) is 0.100. The molecule has 0 bridgehead atoms. The Morgan fingerprint density at radius 3 is 2.42 bits per heavy atom. The third-order valence-corrected chi connectivity index (χ3v) is 2.05. The van der Waals surface area contributed by atoms with Crippen LogP contribution >= 0.6 is 0 Å². The highest BCUT2D eigenvalue weighted by Crippen LogP contribution is 2.27. The Balaban J connectivity index is 2.24. The summed E-state index contributed by atoms with van der Waals surface area (Å²) >= 11 is 0. The average molecular weight is 159 g/mol. The Hall–Kier alpha value is -1.57. The zero-order valence-electron chi connectivity index (χ0n) is 6.58. The second-order valence-corrected chi connectivity index (χ2v) is 2.84. The van der Waals surface area contributed by atoms with Crippen molar-refractivity contribution in [3.8, 4) is 0 Å². The summed E-state index contributed by atoms with van der Waals surface area (Å²) in [5, 5.41) is 2.77. The van der Waals surface area contributed by atoms with Crippen LogP contribution < -0.4 is 5.32 Å². The van der Waals surface area contributed by atoms with E-state index in [0.29, 0.717) is 5.57 Å². The van der Waals surface area contributed by atoms with Gasteiger partial charge in [-0.2, -0.15) is 0 Å². The molecule has 1 atom stereocenters. The zero-order valence-corrected chi connectivity index (χ0v) is 6.58. The topological polar surface area (TPSA) is 29.1 Å². The Bertz CT molecular complexity index is 329. The molecule has 1 fully saturated rings. The minimum absolute atomic E-state index is 0.0381. The zero-order chi connectivity index (χ0) is 8.55. The van der Waals surface area contributed by atoms with E-state index in [-0.39, 0.29) is 11.9 Å². The summed E-state index contributed by atoms with van der Waals surface area (Å²) in [6, 6.07) is 9.86. The lowest BCUT2D eigenvalue weighted by Gasteiger charge is -2.29. The van der Waals surface area contributed by atoms with Crippen LogP contribution in [0.3, 0.4) is 0 Å². The second-order valence-electron chi connectivity index (χ2n) is 2.84. The van der Waals surface area contributed by atoms with E-state index < -0.39 is 0 Å². The van der Waals surface area contributed by atoms with Gasteiger partial charge in [0.15, 0.2) is 0 Å². The van der Waals surface area contributed by atoms with Crippen LogP contribution in [-0.4, -0.2) is 5.91 Å². The largest absolute Gasteiger partial charge is 0.341 e. The third kappa shape index (κ3) is 0.925. The minimum atomic E-state index is -0.0381. The Morgan fingerprint density at radius 2 is 1.92 bits per heavy atom. The molecule has 1 aliphatic heterocycles. The van der Waals surface area contributed by atoms with E-state index in [9.17, 15) is 4.79 Å². The van der Waals surface area contributed by atoms with Gasteiger partial charge in [0.1, 0.15) is 0 Å². The number of carbonyl (C=O) groups is 1. The van der Waals surface area contributed by atoms with E-state index in [0.717, 1.165) is 5.56 Å². The summed E-state index contributed by atoms with van der Waals surface area (Å²) in [7, 11) is 0. The number of hydrogen-bond donors (Lipinski definition) is 1. The first-order valence-electron chi connectivity index (χ1n) is 3.83. The lowest BCUT2D eigenvalue weighted by atomic mass is 9.93. The van der Waals surface area contributed by atoms with Crippen LogP contribution in [0.4, 0.5) is 0 Å². The Kier molecular flexibility index (Phi) is 1.47. The quantitative estimate of drug-likeness (QED) is 0.487. The van der Waals surface area contributed by atoms with Gasteiger partial charge in [0, 0.05) is 5.57 Å². The highest BCUT2D eigenvalue weighted by Gasteiger charge is 2.31. The van der Waals surface area contributed by atoms with Crippen LogP contribution in [0.25, 0.3) is 0 Å². The van der Waals surface area contributed by atoms with Crippen molar-refractivity contribution in [1.29, 1.82) is 0 Å². The van der Waals surface area contributed by atoms with Crippen LogP contribution in [0.5, 0.6) is 0 Å². The highest BCUT2D eigenvalue weighted by atomic mass is 16.2. The van der Waals surface area contributed by atoms with E-state index in [1.807, 2.05) is 30.3 Å². The molecular weight excluding hydrogens is 150 g/mol. The van der Waals surface area contributed by atoms with E-state index in [2.05, 4.69) is 11.9 Å². The monoisotopic (exact) mass is 159 g/mol. The normalized spacial score (nSPS) is 21.5. The van der Waals surface area contributed by atoms with Gasteiger partial charge >= 0.3 is 0 Å². The summed E-state index contributed by atoms with van der Waals surface area (Å²) in [6.45, 7) is 3.69. The van der Waals surface area contributed by atoms with Crippen molar-refractivity contribution in [1.82, 2.24) is 5.32 Å². The van der Waals surface area contributed by atoms with Crippen LogP contribution in [0.15, 0.2) is 42.5 Å². The number of amides is 1. The molecule has 2 heteroatoms. The van der Waals surface area contributed by atoms with Gasteiger partial charge in [-0.1, -0.05) is 36.9 Å². The maximum absolute atomic E-state index is 10.8. The average Bonchev–Trinajstić information content (AvgIpc) is 2.15. The molecule has 1 unspecified atom stereocenters. The van der Waals surface area contributed by atoms with Crippen molar-refractivity contribution in [3.63, 3.8) is 0 Å². The first-order chi connectivity index (χ1) is 5.79. The molecule has 0 radical (unpaired) electrons. The van der Waals surface area contributed by atoms with Gasteiger partial charge in [-0.15, -0.1) is 0 Å². The molecule has 12 heavy (non-hydrogen) atoms. The smallest absolute Gasteiger partial charge is 0.249 e. The van der Waals surface area contributed by atoms with Crippen LogP contribution in [-0.2, 0) is 4.79 Å². The van der Waals surface area contributed by atoms with Crippen molar-refractivity contribution >= 4 is 5.91 Å². The molecule has 60 valence electrons. The molecule has 0 aromatic heterocycles.